The minimum absolute atomic E-state index is 0.0449. The molecule has 1 rings (SSSR count). The maximum atomic E-state index is 12.1. The molecule has 4 nitrogen and oxygen atoms in total. The summed E-state index contributed by atoms with van der Waals surface area (Å²) < 4.78 is 24.3. The number of rotatable bonds is 3. The van der Waals surface area contributed by atoms with Gasteiger partial charge in [-0.2, -0.15) is 5.26 Å². The second-order valence-electron chi connectivity index (χ2n) is 2.64. The van der Waals surface area contributed by atoms with Crippen LogP contribution in [0.3, 0.4) is 0 Å². The van der Waals surface area contributed by atoms with Gasteiger partial charge in [-0.25, -0.2) is 18.7 Å². The van der Waals surface area contributed by atoms with Crippen molar-refractivity contribution in [1.29, 1.82) is 5.26 Å². The molecule has 0 fully saturated rings. The molecule has 0 saturated heterocycles. The Balaban J connectivity index is 2.73. The third-order valence-electron chi connectivity index (χ3n) is 1.51. The molecule has 0 aliphatic heterocycles. The lowest BCUT2D eigenvalue weighted by Crippen LogP contribution is -2.24. The van der Waals surface area contributed by atoms with Crippen molar-refractivity contribution in [2.75, 3.05) is 5.32 Å². The third kappa shape index (κ3) is 2.62. The van der Waals surface area contributed by atoms with Crippen molar-refractivity contribution in [3.05, 3.63) is 18.1 Å². The molecule has 1 N–H and O–H groups in total. The number of nitriles is 1. The first-order valence-electron chi connectivity index (χ1n) is 3.91. The smallest absolute Gasteiger partial charge is 0.258 e. The molecule has 14 heavy (non-hydrogen) atoms. The topological polar surface area (TPSA) is 61.6 Å². The van der Waals surface area contributed by atoms with Crippen LogP contribution in [0.25, 0.3) is 0 Å². The lowest BCUT2D eigenvalue weighted by molar-refractivity contribution is 0.130. The molecule has 74 valence electrons. The summed E-state index contributed by atoms with van der Waals surface area (Å²) in [7, 11) is 0. The zero-order valence-corrected chi connectivity index (χ0v) is 7.41. The molecule has 1 atom stereocenters. The summed E-state index contributed by atoms with van der Waals surface area (Å²) in [4.78, 5) is 7.31. The molecule has 0 aliphatic carbocycles. The second-order valence-corrected chi connectivity index (χ2v) is 2.64. The molecule has 1 aromatic heterocycles. The molecule has 0 saturated carbocycles. The fourth-order valence-corrected chi connectivity index (χ4v) is 0.789. The highest BCUT2D eigenvalue weighted by Crippen LogP contribution is 2.08. The van der Waals surface area contributed by atoms with Gasteiger partial charge >= 0.3 is 0 Å². The Morgan fingerprint density at radius 2 is 2.29 bits per heavy atom. The molecule has 0 amide bonds. The van der Waals surface area contributed by atoms with E-state index in [9.17, 15) is 8.78 Å². The Morgan fingerprint density at radius 1 is 1.57 bits per heavy atom. The van der Waals surface area contributed by atoms with Gasteiger partial charge in [0.1, 0.15) is 11.9 Å². The predicted molar refractivity (Wildman–Crippen MR) is 45.8 cm³/mol. The first kappa shape index (κ1) is 10.3. The van der Waals surface area contributed by atoms with Gasteiger partial charge in [0.25, 0.3) is 6.43 Å². The van der Waals surface area contributed by atoms with Crippen molar-refractivity contribution in [1.82, 2.24) is 9.97 Å². The highest BCUT2D eigenvalue weighted by molar-refractivity contribution is 5.35. The van der Waals surface area contributed by atoms with Crippen LogP contribution in [0, 0.1) is 11.3 Å². The van der Waals surface area contributed by atoms with Gasteiger partial charge in [-0.3, -0.25) is 0 Å². The van der Waals surface area contributed by atoms with Crippen molar-refractivity contribution in [2.45, 2.75) is 19.4 Å². The van der Waals surface area contributed by atoms with Gasteiger partial charge in [0.05, 0.1) is 6.04 Å². The highest BCUT2D eigenvalue weighted by atomic mass is 19.3. The van der Waals surface area contributed by atoms with Crippen LogP contribution >= 0.6 is 0 Å². The lowest BCUT2D eigenvalue weighted by atomic mass is 10.3. The number of nitrogens with zero attached hydrogens (tertiary/aromatic N) is 3. The van der Waals surface area contributed by atoms with Crippen LogP contribution in [-0.4, -0.2) is 22.4 Å². The van der Waals surface area contributed by atoms with E-state index in [4.69, 9.17) is 5.26 Å². The van der Waals surface area contributed by atoms with E-state index in [-0.39, 0.29) is 11.6 Å². The largest absolute Gasteiger partial charge is 0.362 e. The summed E-state index contributed by atoms with van der Waals surface area (Å²) in [6.45, 7) is 1.33. The van der Waals surface area contributed by atoms with Gasteiger partial charge < -0.3 is 5.32 Å². The van der Waals surface area contributed by atoms with Crippen molar-refractivity contribution in [3.8, 4) is 6.07 Å². The third-order valence-corrected chi connectivity index (χ3v) is 1.51. The zero-order chi connectivity index (χ0) is 10.6. The fourth-order valence-electron chi connectivity index (χ4n) is 0.789. The first-order chi connectivity index (χ1) is 6.63. The monoisotopic (exact) mass is 198 g/mol. The molecule has 6 heteroatoms. The Hall–Kier alpha value is -1.77. The maximum absolute atomic E-state index is 12.1. The quantitative estimate of drug-likeness (QED) is 0.797. The van der Waals surface area contributed by atoms with E-state index in [2.05, 4.69) is 15.3 Å². The van der Waals surface area contributed by atoms with Gasteiger partial charge in [0, 0.05) is 6.20 Å². The number of hydrogen-bond acceptors (Lipinski definition) is 4. The predicted octanol–water partition coefficient (Wildman–Crippen LogP) is 1.41. The summed E-state index contributed by atoms with van der Waals surface area (Å²) in [6.07, 6.45) is -1.14. The highest BCUT2D eigenvalue weighted by Gasteiger charge is 2.14. The standard InChI is InChI=1S/C8H8F2N4/c1-5(8(9)10)13-6-2-3-12-7(4-11)14-6/h2-3,5,8H,1H3,(H,12,13,14). The van der Waals surface area contributed by atoms with Crippen LogP contribution in [0.4, 0.5) is 14.6 Å². The molecule has 0 aromatic carbocycles. The molecular weight excluding hydrogens is 190 g/mol. The molecule has 0 radical (unpaired) electrons. The number of nitrogens with one attached hydrogen (secondary N) is 1. The van der Waals surface area contributed by atoms with E-state index in [1.54, 1.807) is 6.07 Å². The van der Waals surface area contributed by atoms with Crippen LogP contribution < -0.4 is 5.32 Å². The first-order valence-corrected chi connectivity index (χ1v) is 3.91. The molecule has 1 heterocycles. The molecule has 0 aliphatic rings. The Bertz CT molecular complexity index is 347. The number of halogens is 2. The zero-order valence-electron chi connectivity index (χ0n) is 7.41. The van der Waals surface area contributed by atoms with E-state index in [0.29, 0.717) is 0 Å². The molecule has 1 unspecified atom stereocenters. The normalized spacial score (nSPS) is 12.2. The second kappa shape index (κ2) is 4.46. The SMILES string of the molecule is CC(Nc1ccnc(C#N)n1)C(F)F. The summed E-state index contributed by atoms with van der Waals surface area (Å²) in [5.74, 6) is 0.181. The Labute approximate surface area is 79.6 Å². The average molecular weight is 198 g/mol. The van der Waals surface area contributed by atoms with Crippen LogP contribution in [0.15, 0.2) is 12.3 Å². The number of anilines is 1. The van der Waals surface area contributed by atoms with Crippen molar-refractivity contribution in [3.63, 3.8) is 0 Å². The van der Waals surface area contributed by atoms with Crippen LogP contribution in [0.2, 0.25) is 0 Å². The van der Waals surface area contributed by atoms with Crippen molar-refractivity contribution < 1.29 is 8.78 Å². The molecular formula is C8H8F2N4. The van der Waals surface area contributed by atoms with Crippen LogP contribution in [0.5, 0.6) is 0 Å². The number of alkyl halides is 2. The van der Waals surface area contributed by atoms with Crippen molar-refractivity contribution >= 4 is 5.82 Å². The average Bonchev–Trinajstić information content (AvgIpc) is 2.18. The Kier molecular flexibility index (Phi) is 3.29. The minimum atomic E-state index is -2.48. The van der Waals surface area contributed by atoms with Crippen molar-refractivity contribution in [2.24, 2.45) is 0 Å². The van der Waals surface area contributed by atoms with E-state index in [0.717, 1.165) is 0 Å². The van der Waals surface area contributed by atoms with Crippen LogP contribution in [-0.2, 0) is 0 Å². The number of aromatic nitrogens is 2. The van der Waals surface area contributed by atoms with Gasteiger partial charge in [-0.05, 0) is 13.0 Å². The Morgan fingerprint density at radius 3 is 2.86 bits per heavy atom. The summed E-state index contributed by atoms with van der Waals surface area (Å²) in [5, 5.41) is 10.9. The maximum Gasteiger partial charge on any atom is 0.258 e. The van der Waals surface area contributed by atoms with Gasteiger partial charge in [-0.15, -0.1) is 0 Å². The lowest BCUT2D eigenvalue weighted by Gasteiger charge is -2.12. The summed E-state index contributed by atoms with van der Waals surface area (Å²) in [6, 6.07) is 2.15. The van der Waals surface area contributed by atoms with E-state index < -0.39 is 12.5 Å². The number of hydrogen-bond donors (Lipinski definition) is 1. The van der Waals surface area contributed by atoms with E-state index in [1.807, 2.05) is 0 Å². The van der Waals surface area contributed by atoms with Gasteiger partial charge in [0.15, 0.2) is 0 Å². The van der Waals surface area contributed by atoms with E-state index in [1.165, 1.54) is 19.2 Å². The molecule has 0 bridgehead atoms. The summed E-state index contributed by atoms with van der Waals surface area (Å²) in [5.41, 5.74) is 0. The molecule has 0 spiro atoms. The van der Waals surface area contributed by atoms with Gasteiger partial charge in [0.2, 0.25) is 5.82 Å². The van der Waals surface area contributed by atoms with E-state index >= 15 is 0 Å². The fraction of sp³-hybridized carbons (Fsp3) is 0.375. The van der Waals surface area contributed by atoms with Gasteiger partial charge in [-0.1, -0.05) is 0 Å². The minimum Gasteiger partial charge on any atom is -0.362 e. The molecule has 1 aromatic rings. The summed E-state index contributed by atoms with van der Waals surface area (Å²) >= 11 is 0. The van der Waals surface area contributed by atoms with Crippen LogP contribution in [0.1, 0.15) is 12.7 Å².